The molecule has 0 fully saturated rings. The number of thioether (sulfide) groups is 1. The fourth-order valence-electron chi connectivity index (χ4n) is 2.11. The molecule has 1 N–H and O–H groups in total. The van der Waals surface area contributed by atoms with Gasteiger partial charge in [0.2, 0.25) is 15.9 Å². The largest absolute Gasteiger partial charge is 0.410 e. The van der Waals surface area contributed by atoms with E-state index in [0.717, 1.165) is 16.1 Å². The summed E-state index contributed by atoms with van der Waals surface area (Å²) in [4.78, 5) is 16.4. The summed E-state index contributed by atoms with van der Waals surface area (Å²) < 4.78 is 30.7. The Bertz CT molecular complexity index is 1050. The van der Waals surface area contributed by atoms with Gasteiger partial charge in [-0.25, -0.2) is 12.7 Å². The molecule has 0 aliphatic heterocycles. The highest BCUT2D eigenvalue weighted by molar-refractivity contribution is 7.99. The number of carbonyl (C=O) groups excluding carboxylic acids is 1. The van der Waals surface area contributed by atoms with E-state index in [1.54, 1.807) is 18.3 Å². The number of sulfonamides is 1. The van der Waals surface area contributed by atoms with Crippen LogP contribution >= 0.6 is 11.8 Å². The summed E-state index contributed by atoms with van der Waals surface area (Å²) in [7, 11) is -0.590. The number of nitrogens with zero attached hydrogens (tertiary/aromatic N) is 4. The van der Waals surface area contributed by atoms with Gasteiger partial charge >= 0.3 is 0 Å². The van der Waals surface area contributed by atoms with Gasteiger partial charge in [-0.05, 0) is 36.4 Å². The predicted molar refractivity (Wildman–Crippen MR) is 104 cm³/mol. The van der Waals surface area contributed by atoms with Gasteiger partial charge in [0.15, 0.2) is 0 Å². The van der Waals surface area contributed by atoms with Crippen LogP contribution in [0.3, 0.4) is 0 Å². The molecule has 0 aliphatic carbocycles. The number of rotatable bonds is 7. The van der Waals surface area contributed by atoms with Gasteiger partial charge in [-0.1, -0.05) is 17.8 Å². The van der Waals surface area contributed by atoms with Crippen LogP contribution in [0.5, 0.6) is 0 Å². The third-order valence-corrected chi connectivity index (χ3v) is 6.18. The molecule has 1 amide bonds. The maximum atomic E-state index is 12.1. The van der Waals surface area contributed by atoms with Crippen LogP contribution in [0.1, 0.15) is 0 Å². The molecule has 9 nitrogen and oxygen atoms in total. The molecule has 0 bridgehead atoms. The third-order valence-electron chi connectivity index (χ3n) is 3.53. The lowest BCUT2D eigenvalue weighted by atomic mass is 10.3. The van der Waals surface area contributed by atoms with Gasteiger partial charge in [0.25, 0.3) is 11.1 Å². The molecule has 0 aliphatic rings. The van der Waals surface area contributed by atoms with Crippen molar-refractivity contribution < 1.29 is 17.6 Å². The van der Waals surface area contributed by atoms with Crippen LogP contribution in [-0.4, -0.2) is 53.7 Å². The molecule has 0 radical (unpaired) electrons. The summed E-state index contributed by atoms with van der Waals surface area (Å²) in [6.45, 7) is 0. The van der Waals surface area contributed by atoms with Gasteiger partial charge in [0, 0.05) is 26.0 Å². The molecule has 146 valence electrons. The van der Waals surface area contributed by atoms with E-state index in [1.807, 2.05) is 6.07 Å². The molecule has 28 heavy (non-hydrogen) atoms. The Morgan fingerprint density at radius 1 is 1.14 bits per heavy atom. The van der Waals surface area contributed by atoms with Crippen LogP contribution in [0.4, 0.5) is 5.69 Å². The van der Waals surface area contributed by atoms with Crippen molar-refractivity contribution in [3.05, 3.63) is 48.7 Å². The Hall–Kier alpha value is -2.76. The SMILES string of the molecule is CN(C)S(=O)(=O)c1ccc(NC(=O)CSc2nnc(-c3ccccn3)o2)cc1. The Labute approximate surface area is 166 Å². The lowest BCUT2D eigenvalue weighted by Gasteiger charge is -2.11. The monoisotopic (exact) mass is 419 g/mol. The summed E-state index contributed by atoms with van der Waals surface area (Å²) in [6.07, 6.45) is 1.62. The van der Waals surface area contributed by atoms with Gasteiger partial charge in [-0.2, -0.15) is 0 Å². The first-order chi connectivity index (χ1) is 13.4. The second-order valence-corrected chi connectivity index (χ2v) is 8.82. The van der Waals surface area contributed by atoms with Crippen LogP contribution in [0.2, 0.25) is 0 Å². The van der Waals surface area contributed by atoms with Crippen LogP contribution < -0.4 is 5.32 Å². The first kappa shape index (κ1) is 20.0. The molecule has 0 saturated heterocycles. The molecular formula is C17H17N5O4S2. The lowest BCUT2D eigenvalue weighted by molar-refractivity contribution is -0.113. The minimum Gasteiger partial charge on any atom is -0.410 e. The van der Waals surface area contributed by atoms with Gasteiger partial charge < -0.3 is 9.73 Å². The maximum absolute atomic E-state index is 12.1. The quantitative estimate of drug-likeness (QED) is 0.579. The fraction of sp³-hybridized carbons (Fsp3) is 0.176. The Kier molecular flexibility index (Phi) is 6.07. The van der Waals surface area contributed by atoms with Crippen LogP contribution in [-0.2, 0) is 14.8 Å². The molecule has 0 spiro atoms. The molecule has 2 aromatic heterocycles. The molecular weight excluding hydrogens is 402 g/mol. The molecule has 0 saturated carbocycles. The zero-order valence-electron chi connectivity index (χ0n) is 15.1. The standard InChI is InChI=1S/C17H17N5O4S2/c1-22(2)28(24,25)13-8-6-12(7-9-13)19-15(23)11-27-17-21-20-16(26-17)14-5-3-4-10-18-14/h3-10H,11H2,1-2H3,(H,19,23). The van der Waals surface area contributed by atoms with Crippen LogP contribution in [0, 0.1) is 0 Å². The minimum absolute atomic E-state index is 0.0571. The minimum atomic E-state index is -3.51. The van der Waals surface area contributed by atoms with Crippen molar-refractivity contribution in [2.45, 2.75) is 10.1 Å². The van der Waals surface area contributed by atoms with Crippen LogP contribution in [0.25, 0.3) is 11.6 Å². The second kappa shape index (κ2) is 8.50. The number of amides is 1. The van der Waals surface area contributed by atoms with Crippen LogP contribution in [0.15, 0.2) is 63.2 Å². The normalized spacial score (nSPS) is 11.5. The second-order valence-electron chi connectivity index (χ2n) is 5.74. The molecule has 11 heteroatoms. The first-order valence-corrected chi connectivity index (χ1v) is 10.5. The predicted octanol–water partition coefficient (Wildman–Crippen LogP) is 2.11. The molecule has 1 aromatic carbocycles. The van der Waals surface area contributed by atoms with Crippen molar-refractivity contribution in [3.63, 3.8) is 0 Å². The van der Waals surface area contributed by atoms with E-state index in [-0.39, 0.29) is 27.7 Å². The van der Waals surface area contributed by atoms with E-state index in [2.05, 4.69) is 20.5 Å². The Morgan fingerprint density at radius 2 is 1.89 bits per heavy atom. The molecule has 2 heterocycles. The van der Waals surface area contributed by atoms with Crippen molar-refractivity contribution >= 4 is 33.4 Å². The summed E-state index contributed by atoms with van der Waals surface area (Å²) in [5.74, 6) is 0.0497. The molecule has 0 unspecified atom stereocenters. The topological polar surface area (TPSA) is 118 Å². The number of benzene rings is 1. The van der Waals surface area contributed by atoms with E-state index in [0.29, 0.717) is 11.4 Å². The number of nitrogens with one attached hydrogen (secondary N) is 1. The molecule has 3 rings (SSSR count). The summed E-state index contributed by atoms with van der Waals surface area (Å²) in [5.41, 5.74) is 1.04. The van der Waals surface area contributed by atoms with E-state index < -0.39 is 10.0 Å². The molecule has 3 aromatic rings. The van der Waals surface area contributed by atoms with Gasteiger partial charge in [-0.15, -0.1) is 10.2 Å². The summed E-state index contributed by atoms with van der Waals surface area (Å²) in [6, 6.07) is 11.3. The van der Waals surface area contributed by atoms with Crippen molar-refractivity contribution in [1.82, 2.24) is 19.5 Å². The Morgan fingerprint density at radius 3 is 2.54 bits per heavy atom. The highest BCUT2D eigenvalue weighted by atomic mass is 32.2. The maximum Gasteiger partial charge on any atom is 0.277 e. The van der Waals surface area contributed by atoms with Gasteiger partial charge in [0.1, 0.15) is 5.69 Å². The number of hydrogen-bond acceptors (Lipinski definition) is 8. The first-order valence-electron chi connectivity index (χ1n) is 8.06. The highest BCUT2D eigenvalue weighted by Crippen LogP contribution is 2.22. The number of carbonyl (C=O) groups is 1. The highest BCUT2D eigenvalue weighted by Gasteiger charge is 2.17. The molecule has 0 atom stereocenters. The summed E-state index contributed by atoms with van der Waals surface area (Å²) >= 11 is 1.09. The van der Waals surface area contributed by atoms with Gasteiger partial charge in [0.05, 0.1) is 10.6 Å². The van der Waals surface area contributed by atoms with E-state index in [1.165, 1.54) is 38.4 Å². The van der Waals surface area contributed by atoms with Crippen molar-refractivity contribution in [2.24, 2.45) is 0 Å². The number of anilines is 1. The van der Waals surface area contributed by atoms with Crippen molar-refractivity contribution in [3.8, 4) is 11.6 Å². The average Bonchev–Trinajstić information content (AvgIpc) is 3.16. The zero-order valence-corrected chi connectivity index (χ0v) is 16.7. The lowest BCUT2D eigenvalue weighted by Crippen LogP contribution is -2.22. The smallest absolute Gasteiger partial charge is 0.277 e. The number of aromatic nitrogens is 3. The van der Waals surface area contributed by atoms with Gasteiger partial charge in [-0.3, -0.25) is 9.78 Å². The van der Waals surface area contributed by atoms with Crippen molar-refractivity contribution in [1.29, 1.82) is 0 Å². The average molecular weight is 419 g/mol. The third kappa shape index (κ3) is 4.74. The Balaban J connectivity index is 1.56. The number of hydrogen-bond donors (Lipinski definition) is 1. The fourth-order valence-corrected chi connectivity index (χ4v) is 3.57. The van der Waals surface area contributed by atoms with E-state index >= 15 is 0 Å². The number of pyridine rings is 1. The van der Waals surface area contributed by atoms with Crippen molar-refractivity contribution in [2.75, 3.05) is 25.2 Å². The van der Waals surface area contributed by atoms with E-state index in [4.69, 9.17) is 4.42 Å². The van der Waals surface area contributed by atoms with E-state index in [9.17, 15) is 13.2 Å². The zero-order chi connectivity index (χ0) is 20.1. The summed E-state index contributed by atoms with van der Waals surface area (Å²) in [5, 5.41) is 10.7.